The van der Waals surface area contributed by atoms with E-state index in [1.165, 1.54) is 0 Å². The van der Waals surface area contributed by atoms with Gasteiger partial charge in [0.2, 0.25) is 0 Å². The van der Waals surface area contributed by atoms with Gasteiger partial charge in [-0.3, -0.25) is 4.79 Å². The summed E-state index contributed by atoms with van der Waals surface area (Å²) in [5.74, 6) is 0.829. The lowest BCUT2D eigenvalue weighted by Crippen LogP contribution is -2.20. The van der Waals surface area contributed by atoms with Gasteiger partial charge in [-0.2, -0.15) is 0 Å². The molecule has 0 aliphatic heterocycles. The van der Waals surface area contributed by atoms with E-state index in [-0.39, 0.29) is 11.2 Å². The van der Waals surface area contributed by atoms with Crippen LogP contribution in [0.5, 0.6) is 5.75 Å². The van der Waals surface area contributed by atoms with E-state index in [9.17, 15) is 4.79 Å². The molecule has 0 atom stereocenters. The van der Waals surface area contributed by atoms with Crippen LogP contribution >= 0.6 is 0 Å². The smallest absolute Gasteiger partial charge is 0.168 e. The van der Waals surface area contributed by atoms with E-state index in [1.807, 2.05) is 20.8 Å². The van der Waals surface area contributed by atoms with Gasteiger partial charge in [-0.1, -0.05) is 20.8 Å². The van der Waals surface area contributed by atoms with Crippen molar-refractivity contribution in [3.8, 4) is 5.75 Å². The van der Waals surface area contributed by atoms with Gasteiger partial charge in [-0.05, 0) is 30.7 Å². The van der Waals surface area contributed by atoms with Gasteiger partial charge in [0.1, 0.15) is 5.75 Å². The van der Waals surface area contributed by atoms with Crippen molar-refractivity contribution in [2.75, 3.05) is 7.11 Å². The highest BCUT2D eigenvalue weighted by Crippen LogP contribution is 2.24. The highest BCUT2D eigenvalue weighted by Gasteiger charge is 2.23. The molecule has 0 spiro atoms. The van der Waals surface area contributed by atoms with Gasteiger partial charge < -0.3 is 4.74 Å². The van der Waals surface area contributed by atoms with E-state index < -0.39 is 0 Å². The molecule has 0 amide bonds. The average Bonchev–Trinajstić information content (AvgIpc) is 2.15. The fraction of sp³-hybridized carbons (Fsp3) is 0.385. The Kier molecular flexibility index (Phi) is 3.18. The minimum Gasteiger partial charge on any atom is -0.496 e. The number of hydrogen-bond donors (Lipinski definition) is 0. The zero-order chi connectivity index (χ0) is 11.6. The molecule has 0 bridgehead atoms. The Hall–Kier alpha value is -1.31. The molecule has 0 aliphatic rings. The molecule has 0 aromatic heterocycles. The normalized spacial score (nSPS) is 11.3. The Morgan fingerprint density at radius 1 is 1.33 bits per heavy atom. The lowest BCUT2D eigenvalue weighted by molar-refractivity contribution is 0.0858. The lowest BCUT2D eigenvalue weighted by atomic mass is 9.86. The zero-order valence-corrected chi connectivity index (χ0v) is 9.76. The first kappa shape index (κ1) is 11.8. The van der Waals surface area contributed by atoms with Gasteiger partial charge in [0, 0.05) is 11.0 Å². The first-order valence-corrected chi connectivity index (χ1v) is 4.91. The zero-order valence-electron chi connectivity index (χ0n) is 9.76. The highest BCUT2D eigenvalue weighted by molar-refractivity contribution is 6.00. The number of methoxy groups -OCH3 is 1. The van der Waals surface area contributed by atoms with E-state index in [1.54, 1.807) is 25.3 Å². The van der Waals surface area contributed by atoms with Gasteiger partial charge in [0.15, 0.2) is 5.78 Å². The van der Waals surface area contributed by atoms with Crippen LogP contribution in [0, 0.1) is 12.3 Å². The molecule has 2 heteroatoms. The third kappa shape index (κ3) is 2.58. The van der Waals surface area contributed by atoms with Crippen LogP contribution in [-0.2, 0) is 0 Å². The summed E-state index contributed by atoms with van der Waals surface area (Å²) in [6.45, 7) is 9.55. The Morgan fingerprint density at radius 3 is 2.33 bits per heavy atom. The number of ether oxygens (including phenoxy) is 1. The molecule has 0 unspecified atom stereocenters. The van der Waals surface area contributed by atoms with Crippen molar-refractivity contribution in [2.45, 2.75) is 20.8 Å². The van der Waals surface area contributed by atoms with Crippen molar-refractivity contribution >= 4 is 5.78 Å². The average molecular weight is 205 g/mol. The molecule has 0 saturated heterocycles. The molecule has 0 heterocycles. The van der Waals surface area contributed by atoms with E-state index in [2.05, 4.69) is 6.92 Å². The molecule has 1 radical (unpaired) electrons. The molecule has 2 nitrogen and oxygen atoms in total. The van der Waals surface area contributed by atoms with Crippen LogP contribution in [0.3, 0.4) is 0 Å². The molecule has 15 heavy (non-hydrogen) atoms. The number of benzene rings is 1. The first-order chi connectivity index (χ1) is 6.86. The van der Waals surface area contributed by atoms with Crippen LogP contribution < -0.4 is 4.74 Å². The van der Waals surface area contributed by atoms with Crippen molar-refractivity contribution in [3.63, 3.8) is 0 Å². The van der Waals surface area contributed by atoms with Crippen molar-refractivity contribution in [2.24, 2.45) is 5.41 Å². The number of carbonyl (C=O) groups is 1. The van der Waals surface area contributed by atoms with Gasteiger partial charge in [0.05, 0.1) is 7.11 Å². The van der Waals surface area contributed by atoms with Crippen molar-refractivity contribution in [1.82, 2.24) is 0 Å². The van der Waals surface area contributed by atoms with E-state index in [0.717, 1.165) is 5.56 Å². The third-order valence-electron chi connectivity index (χ3n) is 2.22. The fourth-order valence-corrected chi connectivity index (χ4v) is 1.35. The quantitative estimate of drug-likeness (QED) is 0.693. The number of hydrogen-bond acceptors (Lipinski definition) is 2. The maximum Gasteiger partial charge on any atom is 0.168 e. The Morgan fingerprint density at radius 2 is 1.93 bits per heavy atom. The second-order valence-electron chi connectivity index (χ2n) is 4.61. The number of rotatable bonds is 2. The number of Topliss-reactive ketones (excluding diaryl/α,β-unsaturated/α-hetero) is 1. The van der Waals surface area contributed by atoms with Crippen molar-refractivity contribution < 1.29 is 9.53 Å². The summed E-state index contributed by atoms with van der Waals surface area (Å²) in [7, 11) is 1.59. The summed E-state index contributed by atoms with van der Waals surface area (Å²) in [6, 6.07) is 5.33. The fourth-order valence-electron chi connectivity index (χ4n) is 1.35. The van der Waals surface area contributed by atoms with Crippen LogP contribution in [0.1, 0.15) is 36.7 Å². The lowest BCUT2D eigenvalue weighted by Gasteiger charge is -2.17. The Labute approximate surface area is 91.3 Å². The predicted octanol–water partition coefficient (Wildman–Crippen LogP) is 3.11. The molecule has 0 aliphatic carbocycles. The van der Waals surface area contributed by atoms with Crippen LogP contribution in [0.25, 0.3) is 0 Å². The standard InChI is InChI=1S/C13H17O2/c1-9-8-10(6-7-11(9)15-5)12(14)13(2,3)4/h6-8H,1H2,2-5H3. The highest BCUT2D eigenvalue weighted by atomic mass is 16.5. The number of carbonyl (C=O) groups excluding carboxylic acids is 1. The second-order valence-corrected chi connectivity index (χ2v) is 4.61. The molecular weight excluding hydrogens is 188 g/mol. The minimum absolute atomic E-state index is 0.120. The molecule has 0 N–H and O–H groups in total. The Bertz CT molecular complexity index is 373. The summed E-state index contributed by atoms with van der Waals surface area (Å²) < 4.78 is 5.09. The monoisotopic (exact) mass is 205 g/mol. The summed E-state index contributed by atoms with van der Waals surface area (Å²) in [5, 5.41) is 0. The molecule has 81 valence electrons. The topological polar surface area (TPSA) is 26.3 Å². The molecule has 1 rings (SSSR count). The predicted molar refractivity (Wildman–Crippen MR) is 61.2 cm³/mol. The molecule has 1 aromatic carbocycles. The maximum absolute atomic E-state index is 11.9. The third-order valence-corrected chi connectivity index (χ3v) is 2.22. The summed E-state index contributed by atoms with van der Waals surface area (Å²) in [6.07, 6.45) is 0. The summed E-state index contributed by atoms with van der Waals surface area (Å²) in [4.78, 5) is 11.9. The largest absolute Gasteiger partial charge is 0.496 e. The summed E-state index contributed by atoms with van der Waals surface area (Å²) >= 11 is 0. The minimum atomic E-state index is -0.360. The van der Waals surface area contributed by atoms with E-state index in [4.69, 9.17) is 4.74 Å². The van der Waals surface area contributed by atoms with Gasteiger partial charge in [-0.15, -0.1) is 0 Å². The van der Waals surface area contributed by atoms with Crippen molar-refractivity contribution in [3.05, 3.63) is 36.2 Å². The van der Waals surface area contributed by atoms with Crippen LogP contribution in [0.15, 0.2) is 18.2 Å². The SMILES string of the molecule is [CH2]c1cc(C(=O)C(C)(C)C)ccc1OC. The molecular formula is C13H17O2. The van der Waals surface area contributed by atoms with E-state index in [0.29, 0.717) is 11.3 Å². The van der Waals surface area contributed by atoms with E-state index >= 15 is 0 Å². The summed E-state index contributed by atoms with van der Waals surface area (Å²) in [5.41, 5.74) is 1.07. The molecule has 0 fully saturated rings. The van der Waals surface area contributed by atoms with Gasteiger partial charge >= 0.3 is 0 Å². The maximum atomic E-state index is 11.9. The van der Waals surface area contributed by atoms with Gasteiger partial charge in [0.25, 0.3) is 0 Å². The van der Waals surface area contributed by atoms with Crippen LogP contribution in [0.4, 0.5) is 0 Å². The van der Waals surface area contributed by atoms with Crippen molar-refractivity contribution in [1.29, 1.82) is 0 Å². The molecule has 1 aromatic rings. The van der Waals surface area contributed by atoms with Gasteiger partial charge in [-0.25, -0.2) is 0 Å². The molecule has 0 saturated carbocycles. The first-order valence-electron chi connectivity index (χ1n) is 4.91. The second kappa shape index (κ2) is 4.05. The van der Waals surface area contributed by atoms with Crippen LogP contribution in [-0.4, -0.2) is 12.9 Å². The van der Waals surface area contributed by atoms with Crippen LogP contribution in [0.2, 0.25) is 0 Å². The Balaban J connectivity index is 3.08. The number of ketones is 1.